The third-order valence-corrected chi connectivity index (χ3v) is 6.26. The van der Waals surface area contributed by atoms with Gasteiger partial charge < -0.3 is 15.3 Å². The summed E-state index contributed by atoms with van der Waals surface area (Å²) in [7, 11) is 1.08. The van der Waals surface area contributed by atoms with E-state index in [9.17, 15) is 13.5 Å². The number of sulfone groups is 1. The van der Waals surface area contributed by atoms with Gasteiger partial charge in [0.25, 0.3) is 0 Å². The number of hydrogen-bond donors (Lipinski definition) is 2. The number of rotatable bonds is 8. The van der Waals surface area contributed by atoms with Gasteiger partial charge in [0.15, 0.2) is 9.84 Å². The molecule has 5 nitrogen and oxygen atoms in total. The number of nitrogens with one attached hydrogen (secondary N) is 1. The molecule has 0 radical (unpaired) electrons. The van der Waals surface area contributed by atoms with Crippen molar-refractivity contribution in [2.75, 3.05) is 38.8 Å². The summed E-state index contributed by atoms with van der Waals surface area (Å²) in [6.07, 6.45) is 3.51. The van der Waals surface area contributed by atoms with Gasteiger partial charge in [0.1, 0.15) is 0 Å². The minimum atomic E-state index is -2.80. The van der Waals surface area contributed by atoms with E-state index in [1.165, 1.54) is 0 Å². The predicted octanol–water partition coefficient (Wildman–Crippen LogP) is 0.246. The van der Waals surface area contributed by atoms with Crippen molar-refractivity contribution in [2.45, 2.75) is 44.2 Å². The summed E-state index contributed by atoms with van der Waals surface area (Å²) >= 11 is 0. The zero-order valence-electron chi connectivity index (χ0n) is 12.4. The van der Waals surface area contributed by atoms with E-state index in [4.69, 9.17) is 0 Å². The fourth-order valence-electron chi connectivity index (χ4n) is 2.72. The van der Waals surface area contributed by atoms with Crippen molar-refractivity contribution in [1.29, 1.82) is 0 Å². The highest BCUT2D eigenvalue weighted by Gasteiger charge is 2.31. The summed E-state index contributed by atoms with van der Waals surface area (Å²) in [5, 5.41) is 12.7. The molecule has 0 aromatic heterocycles. The molecule has 2 unspecified atom stereocenters. The highest BCUT2D eigenvalue weighted by Crippen LogP contribution is 2.19. The van der Waals surface area contributed by atoms with Crippen LogP contribution >= 0.6 is 0 Å². The van der Waals surface area contributed by atoms with Crippen molar-refractivity contribution in [3.05, 3.63) is 0 Å². The summed E-state index contributed by atoms with van der Waals surface area (Å²) in [6.45, 7) is 3.09. The van der Waals surface area contributed by atoms with Gasteiger partial charge in [-0.2, -0.15) is 0 Å². The van der Waals surface area contributed by atoms with Crippen LogP contribution in [-0.2, 0) is 9.84 Å². The largest absolute Gasteiger partial charge is 0.394 e. The summed E-state index contributed by atoms with van der Waals surface area (Å²) in [4.78, 5) is 2.15. The molecule has 0 spiro atoms. The molecule has 1 aliphatic heterocycles. The SMILES string of the molecule is CCC(CO)(CCCN(C)C1CCS(=O)(=O)C1)NC. The fourth-order valence-corrected chi connectivity index (χ4v) is 4.53. The quantitative estimate of drug-likeness (QED) is 0.671. The smallest absolute Gasteiger partial charge is 0.151 e. The van der Waals surface area contributed by atoms with Gasteiger partial charge in [0, 0.05) is 11.6 Å². The van der Waals surface area contributed by atoms with Crippen LogP contribution < -0.4 is 5.32 Å². The number of aliphatic hydroxyl groups excluding tert-OH is 1. The predicted molar refractivity (Wildman–Crippen MR) is 78.1 cm³/mol. The van der Waals surface area contributed by atoms with Crippen LogP contribution in [0.3, 0.4) is 0 Å². The molecule has 0 bridgehead atoms. The maximum atomic E-state index is 11.4. The van der Waals surface area contributed by atoms with Gasteiger partial charge in [0.05, 0.1) is 18.1 Å². The lowest BCUT2D eigenvalue weighted by Crippen LogP contribution is -2.46. The second-order valence-electron chi connectivity index (χ2n) is 5.68. The van der Waals surface area contributed by atoms with Crippen LogP contribution in [-0.4, -0.2) is 68.8 Å². The molecule has 2 atom stereocenters. The van der Waals surface area contributed by atoms with E-state index < -0.39 is 9.84 Å². The second kappa shape index (κ2) is 7.02. The van der Waals surface area contributed by atoms with Crippen molar-refractivity contribution < 1.29 is 13.5 Å². The van der Waals surface area contributed by atoms with Gasteiger partial charge in [-0.3, -0.25) is 0 Å². The molecular weight excluding hydrogens is 264 g/mol. The van der Waals surface area contributed by atoms with Crippen LogP contribution in [0.2, 0.25) is 0 Å². The maximum absolute atomic E-state index is 11.4. The lowest BCUT2D eigenvalue weighted by Gasteiger charge is -2.32. The van der Waals surface area contributed by atoms with E-state index >= 15 is 0 Å². The topological polar surface area (TPSA) is 69.6 Å². The Morgan fingerprint density at radius 2 is 2.16 bits per heavy atom. The molecule has 1 aliphatic rings. The van der Waals surface area contributed by atoms with E-state index in [0.29, 0.717) is 11.5 Å². The first-order valence-electron chi connectivity index (χ1n) is 7.08. The lowest BCUT2D eigenvalue weighted by atomic mass is 9.91. The van der Waals surface area contributed by atoms with Crippen LogP contribution in [0.25, 0.3) is 0 Å². The minimum Gasteiger partial charge on any atom is -0.394 e. The molecule has 2 N–H and O–H groups in total. The van der Waals surface area contributed by atoms with Gasteiger partial charge >= 0.3 is 0 Å². The summed E-state index contributed by atoms with van der Waals surface area (Å²) < 4.78 is 22.9. The molecule has 0 aliphatic carbocycles. The van der Waals surface area contributed by atoms with Crippen molar-refractivity contribution in [2.24, 2.45) is 0 Å². The standard InChI is InChI=1S/C13H28N2O3S/c1-4-13(11-16,14-2)7-5-8-15(3)12-6-9-19(17,18)10-12/h12,14,16H,4-11H2,1-3H3. The average molecular weight is 292 g/mol. The number of likely N-dealkylation sites (N-methyl/N-ethyl adjacent to an activating group) is 1. The van der Waals surface area contributed by atoms with Crippen molar-refractivity contribution >= 4 is 9.84 Å². The van der Waals surface area contributed by atoms with E-state index in [1.54, 1.807) is 0 Å². The Labute approximate surface area is 117 Å². The van der Waals surface area contributed by atoms with E-state index in [1.807, 2.05) is 14.1 Å². The zero-order valence-corrected chi connectivity index (χ0v) is 13.2. The summed E-state index contributed by atoms with van der Waals surface area (Å²) in [5.74, 6) is 0.627. The Morgan fingerprint density at radius 1 is 1.47 bits per heavy atom. The Morgan fingerprint density at radius 3 is 2.58 bits per heavy atom. The highest BCUT2D eigenvalue weighted by molar-refractivity contribution is 7.91. The third-order valence-electron chi connectivity index (χ3n) is 4.51. The van der Waals surface area contributed by atoms with Gasteiger partial charge in [-0.1, -0.05) is 6.92 Å². The highest BCUT2D eigenvalue weighted by atomic mass is 32.2. The molecule has 6 heteroatoms. The van der Waals surface area contributed by atoms with Crippen molar-refractivity contribution in [1.82, 2.24) is 10.2 Å². The maximum Gasteiger partial charge on any atom is 0.151 e. The molecule has 0 aromatic carbocycles. The van der Waals surface area contributed by atoms with Crippen molar-refractivity contribution in [3.63, 3.8) is 0 Å². The first-order valence-corrected chi connectivity index (χ1v) is 8.90. The number of nitrogens with zero attached hydrogens (tertiary/aromatic N) is 1. The Balaban J connectivity index is 2.37. The Hall–Kier alpha value is -0.170. The van der Waals surface area contributed by atoms with E-state index in [2.05, 4.69) is 17.1 Å². The summed E-state index contributed by atoms with van der Waals surface area (Å²) in [6, 6.07) is 0.171. The van der Waals surface area contributed by atoms with Crippen LogP contribution in [0, 0.1) is 0 Å². The molecule has 1 saturated heterocycles. The van der Waals surface area contributed by atoms with Gasteiger partial charge in [-0.05, 0) is 46.3 Å². The monoisotopic (exact) mass is 292 g/mol. The molecular formula is C13H28N2O3S. The Kier molecular flexibility index (Phi) is 6.23. The molecule has 19 heavy (non-hydrogen) atoms. The summed E-state index contributed by atoms with van der Waals surface area (Å²) in [5.41, 5.74) is -0.192. The third kappa shape index (κ3) is 4.70. The lowest BCUT2D eigenvalue weighted by molar-refractivity contribution is 0.145. The normalized spacial score (nSPS) is 25.6. The Bertz CT molecular complexity index is 358. The molecule has 0 saturated carbocycles. The molecule has 0 aromatic rings. The number of hydrogen-bond acceptors (Lipinski definition) is 5. The van der Waals surface area contributed by atoms with Crippen LogP contribution in [0.1, 0.15) is 32.6 Å². The molecule has 1 rings (SSSR count). The average Bonchev–Trinajstić information content (AvgIpc) is 2.75. The van der Waals surface area contributed by atoms with Crippen molar-refractivity contribution in [3.8, 4) is 0 Å². The van der Waals surface area contributed by atoms with Gasteiger partial charge in [0.2, 0.25) is 0 Å². The second-order valence-corrected chi connectivity index (χ2v) is 7.91. The first-order chi connectivity index (χ1) is 8.88. The first kappa shape index (κ1) is 16.9. The van der Waals surface area contributed by atoms with Crippen LogP contribution in [0.15, 0.2) is 0 Å². The van der Waals surface area contributed by atoms with Gasteiger partial charge in [-0.15, -0.1) is 0 Å². The fraction of sp³-hybridized carbons (Fsp3) is 1.00. The van der Waals surface area contributed by atoms with Crippen LogP contribution in [0.5, 0.6) is 0 Å². The number of aliphatic hydroxyl groups is 1. The van der Waals surface area contributed by atoms with Gasteiger partial charge in [-0.25, -0.2) is 8.42 Å². The minimum absolute atomic E-state index is 0.140. The van der Waals surface area contributed by atoms with E-state index in [-0.39, 0.29) is 18.2 Å². The molecule has 1 fully saturated rings. The zero-order chi connectivity index (χ0) is 14.5. The van der Waals surface area contributed by atoms with Crippen LogP contribution in [0.4, 0.5) is 0 Å². The molecule has 0 amide bonds. The molecule has 114 valence electrons. The van der Waals surface area contributed by atoms with E-state index in [0.717, 1.165) is 32.2 Å². The molecule has 1 heterocycles.